The summed E-state index contributed by atoms with van der Waals surface area (Å²) in [7, 11) is -4.07. The summed E-state index contributed by atoms with van der Waals surface area (Å²) in [5.41, 5.74) is 0.703. The van der Waals surface area contributed by atoms with E-state index in [4.69, 9.17) is 21.2 Å². The smallest absolute Gasteiger partial charge is 0.338 e. The second kappa shape index (κ2) is 10.9. The average Bonchev–Trinajstić information content (AvgIpc) is 2.83. The minimum Gasteiger partial charge on any atom is -0.494 e. The van der Waals surface area contributed by atoms with E-state index in [0.29, 0.717) is 23.3 Å². The summed E-state index contributed by atoms with van der Waals surface area (Å²) in [6.45, 7) is 4.48. The number of hydrogen-bond donors (Lipinski definition) is 2. The molecule has 0 fully saturated rings. The molecule has 0 atom stereocenters. The maximum absolute atomic E-state index is 13.6. The highest BCUT2D eigenvalue weighted by atomic mass is 32.2. The summed E-state index contributed by atoms with van der Waals surface area (Å²) in [6.07, 6.45) is 4.17. The Morgan fingerprint density at radius 1 is 1.18 bits per heavy atom. The highest BCUT2D eigenvalue weighted by molar-refractivity contribution is 7.91. The van der Waals surface area contributed by atoms with Gasteiger partial charge in [0.15, 0.2) is 0 Å². The number of hydrazone groups is 1. The normalized spacial score (nSPS) is 11.6. The summed E-state index contributed by atoms with van der Waals surface area (Å²) < 4.78 is 37.8. The molecule has 3 aromatic rings. The third kappa shape index (κ3) is 5.26. The lowest BCUT2D eigenvalue weighted by molar-refractivity contribution is 0.0526. The zero-order valence-electron chi connectivity index (χ0n) is 19.0. The molecule has 0 bridgehead atoms. The van der Waals surface area contributed by atoms with Crippen LogP contribution in [0.2, 0.25) is 0 Å². The van der Waals surface area contributed by atoms with Crippen LogP contribution >= 0.6 is 0 Å². The van der Waals surface area contributed by atoms with E-state index in [1.807, 2.05) is 0 Å². The van der Waals surface area contributed by atoms with Gasteiger partial charge in [-0.2, -0.15) is 5.10 Å². The van der Waals surface area contributed by atoms with E-state index in [0.717, 1.165) is 24.2 Å². The lowest BCUT2D eigenvalue weighted by Crippen LogP contribution is -2.31. The lowest BCUT2D eigenvalue weighted by atomic mass is 10.1. The standard InChI is InChI=1S/C23H27N5O5S/c1-3-5-12-33-17-7-9-18(10-8-17)34(30,31)21-14-26-20-11-6-16(23(29)32-4-2)13-19(20)22(21)28(25)15-27-24/h6-11,13-15H,3-5,12,24-25H2,1-2H3/b27-15-. The molecular formula is C23H27N5O5S. The molecule has 0 aliphatic heterocycles. The van der Waals surface area contributed by atoms with Crippen molar-refractivity contribution in [3.05, 3.63) is 54.2 Å². The van der Waals surface area contributed by atoms with Crippen LogP contribution in [0.4, 0.5) is 5.69 Å². The molecule has 34 heavy (non-hydrogen) atoms. The zero-order valence-corrected chi connectivity index (χ0v) is 19.8. The molecule has 180 valence electrons. The number of hydrazine groups is 1. The lowest BCUT2D eigenvalue weighted by Gasteiger charge is -2.19. The number of carbonyl (C=O) groups excluding carboxylic acids is 1. The number of sulfone groups is 1. The molecule has 4 N–H and O–H groups in total. The molecule has 3 rings (SSSR count). The Balaban J connectivity index is 2.14. The second-order valence-corrected chi connectivity index (χ2v) is 9.19. The molecule has 0 saturated carbocycles. The van der Waals surface area contributed by atoms with Crippen LogP contribution < -0.4 is 21.4 Å². The van der Waals surface area contributed by atoms with Gasteiger partial charge in [-0.3, -0.25) is 9.99 Å². The van der Waals surface area contributed by atoms with Gasteiger partial charge in [0, 0.05) is 11.6 Å². The van der Waals surface area contributed by atoms with Gasteiger partial charge in [-0.15, -0.1) is 0 Å². The summed E-state index contributed by atoms with van der Waals surface area (Å²) in [4.78, 5) is 16.4. The number of fused-ring (bicyclic) bond motifs is 1. The Bertz CT molecular complexity index is 1290. The van der Waals surface area contributed by atoms with E-state index in [9.17, 15) is 13.2 Å². The van der Waals surface area contributed by atoms with Crippen molar-refractivity contribution in [2.45, 2.75) is 36.5 Å². The Morgan fingerprint density at radius 2 is 1.91 bits per heavy atom. The van der Waals surface area contributed by atoms with Gasteiger partial charge in [0.05, 0.1) is 34.9 Å². The van der Waals surface area contributed by atoms with Crippen molar-refractivity contribution < 1.29 is 22.7 Å². The molecule has 0 aliphatic rings. The third-order valence-electron chi connectivity index (χ3n) is 4.96. The number of ether oxygens (including phenoxy) is 2. The Hall–Kier alpha value is -3.70. The second-order valence-electron chi connectivity index (χ2n) is 7.27. The van der Waals surface area contributed by atoms with Crippen LogP contribution in [0.25, 0.3) is 10.9 Å². The fourth-order valence-corrected chi connectivity index (χ4v) is 4.68. The fraction of sp³-hybridized carbons (Fsp3) is 0.261. The summed E-state index contributed by atoms with van der Waals surface area (Å²) in [6, 6.07) is 10.7. The van der Waals surface area contributed by atoms with E-state index < -0.39 is 15.8 Å². The van der Waals surface area contributed by atoms with Gasteiger partial charge in [-0.1, -0.05) is 13.3 Å². The number of nitrogens with zero attached hydrogens (tertiary/aromatic N) is 3. The molecule has 2 aromatic carbocycles. The zero-order chi connectivity index (χ0) is 24.7. The van der Waals surface area contributed by atoms with E-state index in [-0.39, 0.29) is 27.6 Å². The van der Waals surface area contributed by atoms with E-state index in [1.54, 1.807) is 31.2 Å². The number of pyridine rings is 1. The van der Waals surface area contributed by atoms with Gasteiger partial charge >= 0.3 is 5.97 Å². The number of esters is 1. The first-order chi connectivity index (χ1) is 16.3. The molecule has 1 aromatic heterocycles. The van der Waals surface area contributed by atoms with Crippen LogP contribution in [0.3, 0.4) is 0 Å². The maximum Gasteiger partial charge on any atom is 0.338 e. The number of nitrogens with two attached hydrogens (primary N) is 2. The van der Waals surface area contributed by atoms with Gasteiger partial charge < -0.3 is 15.3 Å². The van der Waals surface area contributed by atoms with Crippen molar-refractivity contribution in [1.82, 2.24) is 4.98 Å². The Morgan fingerprint density at radius 3 is 2.56 bits per heavy atom. The molecule has 0 aliphatic carbocycles. The van der Waals surface area contributed by atoms with Gasteiger partial charge in [-0.25, -0.2) is 19.1 Å². The molecular weight excluding hydrogens is 458 g/mol. The van der Waals surface area contributed by atoms with Crippen molar-refractivity contribution in [1.29, 1.82) is 0 Å². The monoisotopic (exact) mass is 485 g/mol. The van der Waals surface area contributed by atoms with Crippen LogP contribution in [0.15, 0.2) is 63.6 Å². The third-order valence-corrected chi connectivity index (χ3v) is 6.73. The van der Waals surface area contributed by atoms with Crippen molar-refractivity contribution in [3.63, 3.8) is 0 Å². The first-order valence-electron chi connectivity index (χ1n) is 10.7. The average molecular weight is 486 g/mol. The highest BCUT2D eigenvalue weighted by Gasteiger charge is 2.26. The van der Waals surface area contributed by atoms with Crippen molar-refractivity contribution in [3.8, 4) is 5.75 Å². The fourth-order valence-electron chi connectivity index (χ4n) is 3.27. The molecule has 0 radical (unpaired) electrons. The van der Waals surface area contributed by atoms with Crippen molar-refractivity contribution in [2.24, 2.45) is 16.8 Å². The minimum absolute atomic E-state index is 0.0253. The van der Waals surface area contributed by atoms with E-state index in [1.165, 1.54) is 24.4 Å². The van der Waals surface area contributed by atoms with E-state index in [2.05, 4.69) is 17.0 Å². The minimum atomic E-state index is -4.07. The van der Waals surface area contributed by atoms with Crippen LogP contribution in [-0.2, 0) is 14.6 Å². The number of aromatic nitrogens is 1. The van der Waals surface area contributed by atoms with Gasteiger partial charge in [-0.05, 0) is 55.8 Å². The predicted molar refractivity (Wildman–Crippen MR) is 129 cm³/mol. The van der Waals surface area contributed by atoms with Crippen molar-refractivity contribution in [2.75, 3.05) is 18.2 Å². The summed E-state index contributed by atoms with van der Waals surface area (Å²) >= 11 is 0. The topological polar surface area (TPSA) is 150 Å². The summed E-state index contributed by atoms with van der Waals surface area (Å²) in [5.74, 6) is 11.4. The predicted octanol–water partition coefficient (Wildman–Crippen LogP) is 3.01. The number of anilines is 1. The molecule has 0 saturated heterocycles. The molecule has 0 spiro atoms. The largest absolute Gasteiger partial charge is 0.494 e. The first kappa shape index (κ1) is 24.9. The number of hydrogen-bond acceptors (Lipinski definition) is 9. The number of unbranched alkanes of at least 4 members (excludes halogenated alkanes) is 1. The van der Waals surface area contributed by atoms with Crippen LogP contribution in [-0.4, -0.2) is 38.9 Å². The summed E-state index contributed by atoms with van der Waals surface area (Å²) in [5, 5.41) is 4.70. The van der Waals surface area contributed by atoms with Gasteiger partial charge in [0.25, 0.3) is 0 Å². The molecule has 0 amide bonds. The molecule has 1 heterocycles. The first-order valence-corrected chi connectivity index (χ1v) is 12.2. The SMILES string of the molecule is CCCCOc1ccc(S(=O)(=O)c2cnc3ccc(C(=O)OCC)cc3c2N(N)/C=N\N)cc1. The molecule has 10 nitrogen and oxygen atoms in total. The number of benzene rings is 2. The quantitative estimate of drug-likeness (QED) is 0.110. The van der Waals surface area contributed by atoms with Crippen LogP contribution in [0, 0.1) is 0 Å². The maximum atomic E-state index is 13.6. The van der Waals surface area contributed by atoms with Gasteiger partial charge in [0.2, 0.25) is 9.84 Å². The van der Waals surface area contributed by atoms with Crippen LogP contribution in [0.1, 0.15) is 37.0 Å². The number of rotatable bonds is 10. The van der Waals surface area contributed by atoms with E-state index >= 15 is 0 Å². The molecule has 11 heteroatoms. The highest BCUT2D eigenvalue weighted by Crippen LogP contribution is 2.35. The van der Waals surface area contributed by atoms with Crippen LogP contribution in [0.5, 0.6) is 5.75 Å². The van der Waals surface area contributed by atoms with Gasteiger partial charge in [0.1, 0.15) is 17.0 Å². The Labute approximate surface area is 198 Å². The molecule has 0 unspecified atom stereocenters. The van der Waals surface area contributed by atoms with Crippen molar-refractivity contribution >= 4 is 38.7 Å². The Kier molecular flexibility index (Phi) is 8.03. The number of carbonyl (C=O) groups is 1.